The van der Waals surface area contributed by atoms with Crippen molar-refractivity contribution in [1.29, 1.82) is 0 Å². The second-order valence-electron chi connectivity index (χ2n) is 12.9. The number of carbonyl (C=O) groups is 2. The van der Waals surface area contributed by atoms with Crippen molar-refractivity contribution in [3.05, 3.63) is 69.8 Å². The van der Waals surface area contributed by atoms with E-state index in [9.17, 15) is 9.59 Å². The smallest absolute Gasteiger partial charge is 0.337 e. The first-order valence-electron chi connectivity index (χ1n) is 16.1. The highest BCUT2D eigenvalue weighted by atomic mass is 35.5. The van der Waals surface area contributed by atoms with Crippen LogP contribution in [0.4, 0.5) is 5.69 Å². The van der Waals surface area contributed by atoms with Crippen molar-refractivity contribution in [2.24, 2.45) is 17.8 Å². The summed E-state index contributed by atoms with van der Waals surface area (Å²) in [4.78, 5) is 27.4. The minimum Gasteiger partial charge on any atom is -0.490 e. The molecule has 1 saturated carbocycles. The number of hydrogen-bond donors (Lipinski definition) is 0. The monoisotopic (exact) mass is 621 g/mol. The molecule has 0 saturated heterocycles. The van der Waals surface area contributed by atoms with E-state index in [1.54, 1.807) is 6.07 Å². The lowest BCUT2D eigenvalue weighted by atomic mass is 9.66. The fraction of sp³-hybridized carbons (Fsp3) is 0.556. The molecule has 2 aromatic rings. The molecule has 0 N–H and O–H groups in total. The molecule has 44 heavy (non-hydrogen) atoms. The van der Waals surface area contributed by atoms with Crippen LogP contribution in [0.2, 0.25) is 5.02 Å². The molecule has 6 rings (SSSR count). The van der Waals surface area contributed by atoms with Gasteiger partial charge in [-0.05, 0) is 117 Å². The highest BCUT2D eigenvalue weighted by Crippen LogP contribution is 2.48. The molecular weight excluding hydrogens is 578 g/mol. The normalized spacial score (nSPS) is 26.7. The third kappa shape index (κ3) is 5.97. The van der Waals surface area contributed by atoms with Gasteiger partial charge in [0.25, 0.3) is 0 Å². The van der Waals surface area contributed by atoms with Gasteiger partial charge in [0.1, 0.15) is 5.75 Å². The first kappa shape index (κ1) is 31.0. The minimum absolute atomic E-state index is 0.0347. The third-order valence-corrected chi connectivity index (χ3v) is 10.7. The molecule has 0 unspecified atom stereocenters. The van der Waals surface area contributed by atoms with Crippen molar-refractivity contribution in [3.63, 3.8) is 0 Å². The standard InChI is InChI=1S/C36H44ClNO6/c1-4-43-35(40)24-9-7-23(8-10-24)33(41-2)29-14-11-27(29)20-38-21-36(17-5-6-25-18-28(37)13-15-30(25)36)22-44-32-16-12-26(19-31(32)38)34(39)42-3/h7,12-13,15-16,18-19,24,27,29,33H,4-6,8-11,14,17,20-22H2,1-3H3/t24-,27-,29+,33-,36-/m0/s1. The summed E-state index contributed by atoms with van der Waals surface area (Å²) in [5.41, 5.74) is 5.22. The maximum absolute atomic E-state index is 12.6. The minimum atomic E-state index is -0.351. The Morgan fingerprint density at radius 1 is 1.11 bits per heavy atom. The van der Waals surface area contributed by atoms with Crippen molar-refractivity contribution < 1.29 is 28.5 Å². The zero-order valence-corrected chi connectivity index (χ0v) is 26.9. The summed E-state index contributed by atoms with van der Waals surface area (Å²) in [6, 6.07) is 12.0. The van der Waals surface area contributed by atoms with Crippen LogP contribution in [0.1, 0.15) is 73.4 Å². The summed E-state index contributed by atoms with van der Waals surface area (Å²) in [5, 5.41) is 0.770. The fourth-order valence-electron chi connectivity index (χ4n) is 8.05. The van der Waals surface area contributed by atoms with Gasteiger partial charge in [-0.25, -0.2) is 4.79 Å². The zero-order chi connectivity index (χ0) is 30.8. The maximum atomic E-state index is 12.6. The van der Waals surface area contributed by atoms with E-state index in [1.807, 2.05) is 32.2 Å². The van der Waals surface area contributed by atoms with E-state index in [0.717, 1.165) is 74.5 Å². The molecule has 1 aliphatic heterocycles. The third-order valence-electron chi connectivity index (χ3n) is 10.5. The number of anilines is 1. The molecule has 2 aromatic carbocycles. The SMILES string of the molecule is CCOC(=O)[C@H]1CC=C([C@H](OC)[C@@H]2CC[C@H]2CN2C[C@@]3(CCCc4cc(Cl)ccc43)COc3ccc(C(=O)OC)cc32)CC1. The van der Waals surface area contributed by atoms with Gasteiger partial charge in [-0.2, -0.15) is 0 Å². The van der Waals surface area contributed by atoms with Crippen molar-refractivity contribution in [2.45, 2.75) is 69.8 Å². The molecule has 4 aliphatic rings. The number of hydrogen-bond acceptors (Lipinski definition) is 7. The topological polar surface area (TPSA) is 74.3 Å². The molecule has 1 fully saturated rings. The van der Waals surface area contributed by atoms with E-state index in [-0.39, 0.29) is 29.4 Å². The van der Waals surface area contributed by atoms with Crippen molar-refractivity contribution in [2.75, 3.05) is 45.4 Å². The number of allylic oxidation sites excluding steroid dienone is 1. The number of halogens is 1. The Hall–Kier alpha value is -3.03. The van der Waals surface area contributed by atoms with Crippen LogP contribution in [0.15, 0.2) is 48.0 Å². The second-order valence-corrected chi connectivity index (χ2v) is 13.4. The van der Waals surface area contributed by atoms with Gasteiger partial charge < -0.3 is 23.8 Å². The molecule has 7 nitrogen and oxygen atoms in total. The Morgan fingerprint density at radius 2 is 1.98 bits per heavy atom. The summed E-state index contributed by atoms with van der Waals surface area (Å²) in [6.07, 6.45) is 9.98. The van der Waals surface area contributed by atoms with E-state index in [4.69, 9.17) is 30.5 Å². The Balaban J connectivity index is 1.28. The zero-order valence-electron chi connectivity index (χ0n) is 26.1. The van der Waals surface area contributed by atoms with Crippen molar-refractivity contribution >= 4 is 29.2 Å². The van der Waals surface area contributed by atoms with Gasteiger partial charge in [0.05, 0.1) is 43.6 Å². The predicted molar refractivity (Wildman–Crippen MR) is 171 cm³/mol. The van der Waals surface area contributed by atoms with E-state index in [0.29, 0.717) is 37.0 Å². The van der Waals surface area contributed by atoms with Crippen LogP contribution in [0.5, 0.6) is 5.75 Å². The molecule has 5 atom stereocenters. The fourth-order valence-corrected chi connectivity index (χ4v) is 8.24. The first-order chi connectivity index (χ1) is 21.4. The average Bonchev–Trinajstić information content (AvgIpc) is 3.18. The molecule has 1 heterocycles. The van der Waals surface area contributed by atoms with Gasteiger partial charge in [0.2, 0.25) is 0 Å². The predicted octanol–water partition coefficient (Wildman–Crippen LogP) is 6.93. The van der Waals surface area contributed by atoms with E-state index >= 15 is 0 Å². The first-order valence-corrected chi connectivity index (χ1v) is 16.5. The molecule has 8 heteroatoms. The summed E-state index contributed by atoms with van der Waals surface area (Å²) < 4.78 is 23.1. The number of benzene rings is 2. The molecule has 0 amide bonds. The summed E-state index contributed by atoms with van der Waals surface area (Å²) in [6.45, 7) is 4.49. The van der Waals surface area contributed by atoms with Crippen LogP contribution < -0.4 is 9.64 Å². The number of methoxy groups -OCH3 is 2. The summed E-state index contributed by atoms with van der Waals surface area (Å²) in [5.74, 6) is 1.10. The lowest BCUT2D eigenvalue weighted by Gasteiger charge is -2.47. The number of ether oxygens (including phenoxy) is 4. The van der Waals surface area contributed by atoms with Crippen molar-refractivity contribution in [1.82, 2.24) is 0 Å². The number of aryl methyl sites for hydroxylation is 1. The number of fused-ring (bicyclic) bond motifs is 3. The largest absolute Gasteiger partial charge is 0.490 e. The van der Waals surface area contributed by atoms with Crippen LogP contribution in [0.3, 0.4) is 0 Å². The molecule has 0 radical (unpaired) electrons. The lowest BCUT2D eigenvalue weighted by molar-refractivity contribution is -0.148. The van der Waals surface area contributed by atoms with Gasteiger partial charge in [0.15, 0.2) is 0 Å². The van der Waals surface area contributed by atoms with E-state index < -0.39 is 0 Å². The van der Waals surface area contributed by atoms with Crippen LogP contribution >= 0.6 is 11.6 Å². The van der Waals surface area contributed by atoms with Gasteiger partial charge in [-0.1, -0.05) is 23.7 Å². The van der Waals surface area contributed by atoms with E-state index in [2.05, 4.69) is 23.1 Å². The summed E-state index contributed by atoms with van der Waals surface area (Å²) in [7, 11) is 3.23. The Morgan fingerprint density at radius 3 is 2.68 bits per heavy atom. The molecule has 1 spiro atoms. The van der Waals surface area contributed by atoms with Crippen LogP contribution in [0, 0.1) is 17.8 Å². The Bertz CT molecular complexity index is 1420. The molecule has 0 bridgehead atoms. The summed E-state index contributed by atoms with van der Waals surface area (Å²) >= 11 is 6.43. The maximum Gasteiger partial charge on any atom is 0.337 e. The molecule has 236 valence electrons. The Kier molecular flexibility index (Phi) is 9.25. The van der Waals surface area contributed by atoms with E-state index in [1.165, 1.54) is 23.8 Å². The van der Waals surface area contributed by atoms with Gasteiger partial charge in [-0.3, -0.25) is 4.79 Å². The number of rotatable bonds is 8. The lowest BCUT2D eigenvalue weighted by Crippen LogP contribution is -2.50. The number of carbonyl (C=O) groups excluding carboxylic acids is 2. The molecular formula is C36H44ClNO6. The van der Waals surface area contributed by atoms with Gasteiger partial charge in [-0.15, -0.1) is 0 Å². The highest BCUT2D eigenvalue weighted by molar-refractivity contribution is 6.30. The highest BCUT2D eigenvalue weighted by Gasteiger charge is 2.45. The second kappa shape index (κ2) is 13.1. The van der Waals surface area contributed by atoms with Crippen LogP contribution in [-0.2, 0) is 30.8 Å². The van der Waals surface area contributed by atoms with Crippen LogP contribution in [0.25, 0.3) is 0 Å². The number of esters is 2. The molecule has 3 aliphatic carbocycles. The Labute approximate surface area is 265 Å². The number of nitrogens with zero attached hydrogens (tertiary/aromatic N) is 1. The van der Waals surface area contributed by atoms with Crippen molar-refractivity contribution in [3.8, 4) is 5.75 Å². The van der Waals surface area contributed by atoms with Gasteiger partial charge in [0, 0.05) is 30.6 Å². The quantitative estimate of drug-likeness (QED) is 0.234. The molecule has 0 aromatic heterocycles. The van der Waals surface area contributed by atoms with Crippen LogP contribution in [-0.4, -0.2) is 58.6 Å². The average molecular weight is 622 g/mol. The van der Waals surface area contributed by atoms with Gasteiger partial charge >= 0.3 is 11.9 Å².